The van der Waals surface area contributed by atoms with Crippen LogP contribution in [0.2, 0.25) is 5.02 Å². The van der Waals surface area contributed by atoms with Crippen LogP contribution in [-0.2, 0) is 10.2 Å². The number of furan rings is 1. The van der Waals surface area contributed by atoms with E-state index in [9.17, 15) is 18.3 Å². The molecular weight excluding hydrogens is 469 g/mol. The van der Waals surface area contributed by atoms with Crippen molar-refractivity contribution in [3.63, 3.8) is 0 Å². The van der Waals surface area contributed by atoms with Gasteiger partial charge in [-0.05, 0) is 11.5 Å². The van der Waals surface area contributed by atoms with E-state index in [-0.39, 0.29) is 28.4 Å². The van der Waals surface area contributed by atoms with E-state index in [2.05, 4.69) is 19.4 Å². The Labute approximate surface area is 198 Å². The number of phenolic OH excluding ortho intramolecular Hbond substituents is 1. The van der Waals surface area contributed by atoms with Gasteiger partial charge in [0, 0.05) is 20.2 Å². The number of benzene rings is 1. The molecule has 1 aromatic heterocycles. The van der Waals surface area contributed by atoms with Crippen molar-refractivity contribution in [3.05, 3.63) is 40.8 Å². The van der Waals surface area contributed by atoms with Gasteiger partial charge in [-0.3, -0.25) is 9.79 Å². The Morgan fingerprint density at radius 2 is 2.03 bits per heavy atom. The topological polar surface area (TPSA) is 137 Å². The average molecular weight is 492 g/mol. The third kappa shape index (κ3) is 5.33. The minimum absolute atomic E-state index is 0.0214. The van der Waals surface area contributed by atoms with Gasteiger partial charge in [0.1, 0.15) is 25.9 Å². The smallest absolute Gasteiger partial charge is 0.345 e. The van der Waals surface area contributed by atoms with Gasteiger partial charge < -0.3 is 19.7 Å². The molecule has 0 spiro atoms. The fraction of sp³-hybridized carbons (Fsp3) is 0.350. The highest BCUT2D eigenvalue weighted by molar-refractivity contribution is 7.89. The Balaban J connectivity index is 2.05. The lowest BCUT2D eigenvalue weighted by Gasteiger charge is -2.26. The Hall–Kier alpha value is -2.99. The van der Waals surface area contributed by atoms with Gasteiger partial charge in [-0.15, -0.1) is 4.40 Å². The van der Waals surface area contributed by atoms with E-state index in [0.717, 1.165) is 0 Å². The van der Waals surface area contributed by atoms with Crippen LogP contribution in [0.15, 0.2) is 38.3 Å². The van der Waals surface area contributed by atoms with Crippen LogP contribution in [0.4, 0.5) is 5.69 Å². The lowest BCUT2D eigenvalue weighted by atomic mass is 9.85. The summed E-state index contributed by atoms with van der Waals surface area (Å²) >= 11 is 5.99. The molecule has 2 heterocycles. The summed E-state index contributed by atoms with van der Waals surface area (Å²) in [6, 6.07) is 3.78. The maximum atomic E-state index is 12.4. The Morgan fingerprint density at radius 1 is 1.36 bits per heavy atom. The minimum atomic E-state index is -4.09. The first-order valence-electron chi connectivity index (χ1n) is 9.74. The van der Waals surface area contributed by atoms with E-state index in [0.29, 0.717) is 10.8 Å². The fourth-order valence-electron chi connectivity index (χ4n) is 3.09. The number of rotatable bonds is 4. The molecule has 0 unspecified atom stereocenters. The molecular formula is C20H23BClN5O5S. The first kappa shape index (κ1) is 24.7. The molecule has 0 aliphatic carbocycles. The highest BCUT2D eigenvalue weighted by atomic mass is 35.5. The summed E-state index contributed by atoms with van der Waals surface area (Å²) in [6.07, 6.45) is 1.36. The van der Waals surface area contributed by atoms with Crippen LogP contribution in [0.5, 0.6) is 5.75 Å². The predicted octanol–water partition coefficient (Wildman–Crippen LogP) is 1.98. The fourth-order valence-corrected chi connectivity index (χ4v) is 4.06. The molecule has 3 rings (SSSR count). The Morgan fingerprint density at radius 3 is 2.58 bits per heavy atom. The van der Waals surface area contributed by atoms with E-state index in [1.165, 1.54) is 37.4 Å². The van der Waals surface area contributed by atoms with Crippen LogP contribution in [0.3, 0.4) is 0 Å². The number of hydrogen-bond acceptors (Lipinski definition) is 7. The minimum Gasteiger partial charge on any atom is -0.505 e. The summed E-state index contributed by atoms with van der Waals surface area (Å²) in [7, 11) is 4.80. The van der Waals surface area contributed by atoms with E-state index in [1.807, 2.05) is 20.8 Å². The highest BCUT2D eigenvalue weighted by Gasteiger charge is 2.34. The summed E-state index contributed by atoms with van der Waals surface area (Å²) in [4.78, 5) is 18.2. The number of aliphatic imine (C=N–C) groups is 1. The largest absolute Gasteiger partial charge is 0.505 e. The number of nitrogens with zero attached hydrogens (tertiary/aromatic N) is 3. The molecule has 33 heavy (non-hydrogen) atoms. The number of carbonyl (C=O) groups is 1. The zero-order valence-corrected chi connectivity index (χ0v) is 20.2. The van der Waals surface area contributed by atoms with Gasteiger partial charge in [0.2, 0.25) is 0 Å². The third-order valence-corrected chi connectivity index (χ3v) is 5.75. The van der Waals surface area contributed by atoms with Crippen LogP contribution in [0.25, 0.3) is 0 Å². The molecule has 2 aromatic rings. The van der Waals surface area contributed by atoms with Gasteiger partial charge in [0.05, 0.1) is 16.3 Å². The number of amides is 1. The van der Waals surface area contributed by atoms with Crippen molar-refractivity contribution < 1.29 is 22.7 Å². The van der Waals surface area contributed by atoms with Crippen molar-refractivity contribution in [2.45, 2.75) is 26.8 Å². The first-order valence-corrected chi connectivity index (χ1v) is 11.6. The quantitative estimate of drug-likeness (QED) is 0.442. The van der Waals surface area contributed by atoms with Crippen molar-refractivity contribution in [3.8, 4) is 5.75 Å². The molecule has 1 aromatic carbocycles. The van der Waals surface area contributed by atoms with Crippen LogP contribution in [0, 0.1) is 5.41 Å². The molecule has 0 fully saturated rings. The van der Waals surface area contributed by atoms with Gasteiger partial charge in [0.15, 0.2) is 17.4 Å². The number of aromatic hydroxyl groups is 1. The van der Waals surface area contributed by atoms with E-state index in [1.54, 1.807) is 6.07 Å². The Kier molecular flexibility index (Phi) is 6.54. The third-order valence-electron chi connectivity index (χ3n) is 4.68. The summed E-state index contributed by atoms with van der Waals surface area (Å²) in [6.45, 7) is 5.70. The zero-order valence-electron chi connectivity index (χ0n) is 18.7. The van der Waals surface area contributed by atoms with Gasteiger partial charge in [-0.25, -0.2) is 4.72 Å². The molecule has 174 valence electrons. The molecule has 3 N–H and O–H groups in total. The van der Waals surface area contributed by atoms with E-state index >= 15 is 0 Å². The molecule has 1 aliphatic rings. The number of nitrogens with one attached hydrogen (secondary N) is 2. The highest BCUT2D eigenvalue weighted by Crippen LogP contribution is 2.38. The molecule has 1 aliphatic heterocycles. The number of halogens is 1. The zero-order chi connectivity index (χ0) is 24.7. The maximum Gasteiger partial charge on any atom is 0.345 e. The summed E-state index contributed by atoms with van der Waals surface area (Å²) < 4.78 is 35.8. The number of carbonyl (C=O) groups excluding carboxylic acids is 1. The van der Waals surface area contributed by atoms with Gasteiger partial charge in [-0.2, -0.15) is 8.42 Å². The van der Waals surface area contributed by atoms with Crippen molar-refractivity contribution in [2.24, 2.45) is 14.8 Å². The molecule has 0 saturated carbocycles. The van der Waals surface area contributed by atoms with Crippen LogP contribution >= 0.6 is 11.6 Å². The summed E-state index contributed by atoms with van der Waals surface area (Å²) in [5, 5.41) is 13.8. The molecule has 10 nitrogen and oxygen atoms in total. The summed E-state index contributed by atoms with van der Waals surface area (Å²) in [5.74, 6) is -0.821. The molecule has 13 heteroatoms. The lowest BCUT2D eigenvalue weighted by Crippen LogP contribution is -2.33. The van der Waals surface area contributed by atoms with Gasteiger partial charge >= 0.3 is 10.2 Å². The van der Waals surface area contributed by atoms with Crippen molar-refractivity contribution in [1.29, 1.82) is 0 Å². The molecule has 1 atom stereocenters. The summed E-state index contributed by atoms with van der Waals surface area (Å²) in [5.41, 5.74) is -0.529. The number of anilines is 1. The van der Waals surface area contributed by atoms with Crippen molar-refractivity contribution >= 4 is 58.4 Å². The standard InChI is InChI=1S/C20H23BClN5O5S/c1-20(2,3)16(13-8-10(22)9-32-13)24-18-17(25-33(30,31)26-18)23-12-7-6-11(21)14(15(12)28)19(29)27(4)5/h6-9,16,28H,1-5H3,(H,23,25)(H,24,26)/t16-/m0/s1. The van der Waals surface area contributed by atoms with Crippen LogP contribution in [0.1, 0.15) is 42.9 Å². The van der Waals surface area contributed by atoms with Crippen LogP contribution in [-0.4, -0.2) is 57.9 Å². The predicted molar refractivity (Wildman–Crippen MR) is 128 cm³/mol. The van der Waals surface area contributed by atoms with Gasteiger partial charge in [-0.1, -0.05) is 43.9 Å². The first-order chi connectivity index (χ1) is 15.2. The molecule has 0 bridgehead atoms. The normalized spacial score (nSPS) is 17.4. The maximum absolute atomic E-state index is 12.4. The second kappa shape index (κ2) is 8.75. The second-order valence-electron chi connectivity index (χ2n) is 8.68. The van der Waals surface area contributed by atoms with E-state index in [4.69, 9.17) is 23.9 Å². The lowest BCUT2D eigenvalue weighted by molar-refractivity contribution is 0.0826. The molecule has 0 saturated heterocycles. The number of phenols is 1. The average Bonchev–Trinajstić information content (AvgIpc) is 3.22. The van der Waals surface area contributed by atoms with Crippen molar-refractivity contribution in [1.82, 2.24) is 9.62 Å². The second-order valence-corrected chi connectivity index (χ2v) is 10.5. The number of hydrogen-bond donors (Lipinski definition) is 3. The monoisotopic (exact) mass is 491 g/mol. The molecule has 1 amide bonds. The van der Waals surface area contributed by atoms with Crippen LogP contribution < -0.4 is 15.5 Å². The Bertz CT molecular complexity index is 1260. The van der Waals surface area contributed by atoms with Crippen molar-refractivity contribution in [2.75, 3.05) is 19.4 Å². The number of amidine groups is 2. The van der Waals surface area contributed by atoms with E-state index < -0.39 is 33.3 Å². The molecule has 2 radical (unpaired) electrons. The van der Waals surface area contributed by atoms with Gasteiger partial charge in [0.25, 0.3) is 5.91 Å². The SMILES string of the molecule is [B]c1ccc(NC2=NS(=O)(=O)NC2=N[C@@H](c2cc(Cl)co2)C(C)(C)C)c(O)c1C(=O)N(C)C.